The second-order valence-corrected chi connectivity index (χ2v) is 7.03. The van der Waals surface area contributed by atoms with Crippen LogP contribution in [0.5, 0.6) is 0 Å². The molecule has 1 saturated heterocycles. The fraction of sp³-hybridized carbons (Fsp3) is 0.579. The van der Waals surface area contributed by atoms with Crippen LogP contribution in [0.4, 0.5) is 13.2 Å². The van der Waals surface area contributed by atoms with Crippen molar-refractivity contribution < 1.29 is 22.8 Å². The molecule has 1 aliphatic heterocycles. The number of benzene rings is 1. The lowest BCUT2D eigenvalue weighted by Crippen LogP contribution is -2.52. The summed E-state index contributed by atoms with van der Waals surface area (Å²) < 4.78 is 38.5. The van der Waals surface area contributed by atoms with Crippen molar-refractivity contribution >= 4 is 11.8 Å². The summed E-state index contributed by atoms with van der Waals surface area (Å²) in [5, 5.41) is 0. The summed E-state index contributed by atoms with van der Waals surface area (Å²) in [7, 11) is 0. The number of rotatable bonds is 2. The molecule has 0 radical (unpaired) electrons. The molecule has 1 saturated carbocycles. The number of carbonyl (C=O) groups excluding carboxylic acids is 2. The molecule has 0 aromatic heterocycles. The van der Waals surface area contributed by atoms with E-state index in [-0.39, 0.29) is 17.4 Å². The standard InChI is InChI=1S/C19H23F3N2O2/c20-19(21,22)16-8-4-7-15(13-16)18(26)24-11-9-23(10-12-24)17(25)14-5-2-1-3-6-14/h4,7-8,13-14H,1-3,5-6,9-12H2. The maximum Gasteiger partial charge on any atom is 0.416 e. The minimum Gasteiger partial charge on any atom is -0.339 e. The summed E-state index contributed by atoms with van der Waals surface area (Å²) in [6.07, 6.45) is 0.754. The number of alkyl halides is 3. The summed E-state index contributed by atoms with van der Waals surface area (Å²) in [4.78, 5) is 28.4. The van der Waals surface area contributed by atoms with Crippen molar-refractivity contribution in [3.8, 4) is 0 Å². The summed E-state index contributed by atoms with van der Waals surface area (Å²) in [6, 6.07) is 4.50. The number of hydrogen-bond acceptors (Lipinski definition) is 2. The van der Waals surface area contributed by atoms with Gasteiger partial charge in [-0.1, -0.05) is 25.3 Å². The highest BCUT2D eigenvalue weighted by molar-refractivity contribution is 5.94. The van der Waals surface area contributed by atoms with Gasteiger partial charge in [0.05, 0.1) is 5.56 Å². The Balaban J connectivity index is 1.59. The van der Waals surface area contributed by atoms with E-state index < -0.39 is 17.6 Å². The van der Waals surface area contributed by atoms with Gasteiger partial charge in [0, 0.05) is 37.7 Å². The van der Waals surface area contributed by atoms with Gasteiger partial charge in [-0.2, -0.15) is 13.2 Å². The molecule has 4 nitrogen and oxygen atoms in total. The van der Waals surface area contributed by atoms with Crippen LogP contribution in [0, 0.1) is 5.92 Å². The van der Waals surface area contributed by atoms with Gasteiger partial charge in [-0.15, -0.1) is 0 Å². The highest BCUT2D eigenvalue weighted by Gasteiger charge is 2.33. The molecule has 2 fully saturated rings. The Hall–Kier alpha value is -2.05. The fourth-order valence-electron chi connectivity index (χ4n) is 3.75. The second kappa shape index (κ2) is 7.68. The van der Waals surface area contributed by atoms with E-state index >= 15 is 0 Å². The third-order valence-corrected chi connectivity index (χ3v) is 5.27. The van der Waals surface area contributed by atoms with Crippen LogP contribution in [-0.4, -0.2) is 47.8 Å². The van der Waals surface area contributed by atoms with E-state index in [1.807, 2.05) is 0 Å². The second-order valence-electron chi connectivity index (χ2n) is 7.03. The monoisotopic (exact) mass is 368 g/mol. The van der Waals surface area contributed by atoms with Crippen molar-refractivity contribution in [1.82, 2.24) is 9.80 Å². The maximum atomic E-state index is 12.8. The van der Waals surface area contributed by atoms with E-state index in [0.29, 0.717) is 26.2 Å². The summed E-state index contributed by atoms with van der Waals surface area (Å²) in [5.74, 6) is -0.161. The lowest BCUT2D eigenvalue weighted by atomic mass is 9.88. The van der Waals surface area contributed by atoms with Crippen molar-refractivity contribution in [2.75, 3.05) is 26.2 Å². The Morgan fingerprint density at radius 1 is 0.923 bits per heavy atom. The summed E-state index contributed by atoms with van der Waals surface area (Å²) in [5.41, 5.74) is -0.790. The zero-order valence-corrected chi connectivity index (χ0v) is 14.6. The number of piperazine rings is 1. The normalized spacial score (nSPS) is 19.5. The first-order valence-electron chi connectivity index (χ1n) is 9.11. The molecule has 0 unspecified atom stereocenters. The van der Waals surface area contributed by atoms with Gasteiger partial charge in [0.15, 0.2) is 0 Å². The molecule has 0 atom stereocenters. The third-order valence-electron chi connectivity index (χ3n) is 5.27. The van der Waals surface area contributed by atoms with E-state index in [2.05, 4.69) is 0 Å². The van der Waals surface area contributed by atoms with Gasteiger partial charge < -0.3 is 9.80 Å². The van der Waals surface area contributed by atoms with Gasteiger partial charge in [-0.25, -0.2) is 0 Å². The molecule has 142 valence electrons. The Kier molecular flexibility index (Phi) is 5.53. The highest BCUT2D eigenvalue weighted by Crippen LogP contribution is 2.30. The Labute approximate surface area is 151 Å². The first-order chi connectivity index (χ1) is 12.4. The van der Waals surface area contributed by atoms with Crippen LogP contribution in [0.25, 0.3) is 0 Å². The highest BCUT2D eigenvalue weighted by atomic mass is 19.4. The summed E-state index contributed by atoms with van der Waals surface area (Å²) >= 11 is 0. The minimum atomic E-state index is -4.47. The van der Waals surface area contributed by atoms with Crippen molar-refractivity contribution in [2.24, 2.45) is 5.92 Å². The number of carbonyl (C=O) groups is 2. The summed E-state index contributed by atoms with van der Waals surface area (Å²) in [6.45, 7) is 1.60. The zero-order valence-electron chi connectivity index (χ0n) is 14.6. The molecule has 1 aliphatic carbocycles. The van der Waals surface area contributed by atoms with Crippen LogP contribution in [0.1, 0.15) is 48.0 Å². The largest absolute Gasteiger partial charge is 0.416 e. The van der Waals surface area contributed by atoms with E-state index in [1.165, 1.54) is 23.5 Å². The first-order valence-corrected chi connectivity index (χ1v) is 9.11. The predicted octanol–water partition coefficient (Wildman–Crippen LogP) is 3.57. The van der Waals surface area contributed by atoms with Crippen LogP contribution < -0.4 is 0 Å². The maximum absolute atomic E-state index is 12.8. The van der Waals surface area contributed by atoms with Gasteiger partial charge in [-0.05, 0) is 31.0 Å². The van der Waals surface area contributed by atoms with Gasteiger partial charge in [0.2, 0.25) is 5.91 Å². The van der Waals surface area contributed by atoms with E-state index in [9.17, 15) is 22.8 Å². The van der Waals surface area contributed by atoms with E-state index in [4.69, 9.17) is 0 Å². The zero-order chi connectivity index (χ0) is 18.7. The molecule has 1 heterocycles. The molecular weight excluding hydrogens is 345 g/mol. The van der Waals surface area contributed by atoms with Crippen LogP contribution in [-0.2, 0) is 11.0 Å². The average Bonchev–Trinajstić information content (AvgIpc) is 2.67. The van der Waals surface area contributed by atoms with Crippen LogP contribution in [0.15, 0.2) is 24.3 Å². The Bertz CT molecular complexity index is 661. The molecule has 1 aromatic carbocycles. The van der Waals surface area contributed by atoms with Crippen molar-refractivity contribution in [2.45, 2.75) is 38.3 Å². The number of amides is 2. The SMILES string of the molecule is O=C(c1cccc(C(F)(F)F)c1)N1CCN(C(=O)C2CCCCC2)CC1. The smallest absolute Gasteiger partial charge is 0.339 e. The molecule has 2 amide bonds. The molecule has 2 aliphatic rings. The van der Waals surface area contributed by atoms with Gasteiger partial charge in [0.1, 0.15) is 0 Å². The van der Waals surface area contributed by atoms with E-state index in [1.54, 1.807) is 4.90 Å². The van der Waals surface area contributed by atoms with Crippen LogP contribution in [0.3, 0.4) is 0 Å². The number of hydrogen-bond donors (Lipinski definition) is 0. The molecule has 7 heteroatoms. The van der Waals surface area contributed by atoms with Gasteiger partial charge in [-0.3, -0.25) is 9.59 Å². The van der Waals surface area contributed by atoms with Gasteiger partial charge >= 0.3 is 6.18 Å². The third kappa shape index (κ3) is 4.19. The Morgan fingerprint density at radius 3 is 2.15 bits per heavy atom. The van der Waals surface area contributed by atoms with Crippen molar-refractivity contribution in [3.63, 3.8) is 0 Å². The number of halogens is 3. The molecule has 3 rings (SSSR count). The molecule has 26 heavy (non-hydrogen) atoms. The molecule has 0 N–H and O–H groups in total. The topological polar surface area (TPSA) is 40.6 Å². The quantitative estimate of drug-likeness (QED) is 0.801. The molecular formula is C19H23F3N2O2. The molecule has 1 aromatic rings. The minimum absolute atomic E-state index is 0.0342. The predicted molar refractivity (Wildman–Crippen MR) is 90.5 cm³/mol. The number of nitrogens with zero attached hydrogens (tertiary/aromatic N) is 2. The van der Waals surface area contributed by atoms with Crippen LogP contribution in [0.2, 0.25) is 0 Å². The van der Waals surface area contributed by atoms with Crippen LogP contribution >= 0.6 is 0 Å². The van der Waals surface area contributed by atoms with Crippen molar-refractivity contribution in [3.05, 3.63) is 35.4 Å². The molecule has 0 spiro atoms. The van der Waals surface area contributed by atoms with Crippen molar-refractivity contribution in [1.29, 1.82) is 0 Å². The molecule has 0 bridgehead atoms. The average molecular weight is 368 g/mol. The lowest BCUT2D eigenvalue weighted by Gasteiger charge is -2.37. The first kappa shape index (κ1) is 18.7. The fourth-order valence-corrected chi connectivity index (χ4v) is 3.75. The Morgan fingerprint density at radius 2 is 1.54 bits per heavy atom. The lowest BCUT2D eigenvalue weighted by molar-refractivity contribution is -0.138. The van der Waals surface area contributed by atoms with E-state index in [0.717, 1.165) is 37.8 Å². The van der Waals surface area contributed by atoms with Gasteiger partial charge in [0.25, 0.3) is 5.91 Å².